The maximum absolute atomic E-state index is 12.2. The van der Waals surface area contributed by atoms with Gasteiger partial charge in [-0.2, -0.15) is 0 Å². The van der Waals surface area contributed by atoms with Gasteiger partial charge in [0.15, 0.2) is 0 Å². The van der Waals surface area contributed by atoms with Crippen LogP contribution in [0.15, 0.2) is 48.5 Å². The zero-order chi connectivity index (χ0) is 14.5. The monoisotopic (exact) mass is 268 g/mol. The normalized spacial score (nSPS) is 10.2. The van der Waals surface area contributed by atoms with E-state index >= 15 is 0 Å². The molecular weight excluding hydrogens is 248 g/mol. The Labute approximate surface area is 120 Å². The van der Waals surface area contributed by atoms with E-state index in [-0.39, 0.29) is 5.91 Å². The van der Waals surface area contributed by atoms with Gasteiger partial charge < -0.3 is 10.2 Å². The number of nitrogens with one attached hydrogen (secondary N) is 1. The van der Waals surface area contributed by atoms with Crippen molar-refractivity contribution in [3.05, 3.63) is 59.7 Å². The number of aryl methyl sites for hydroxylation is 1. The van der Waals surface area contributed by atoms with Crippen LogP contribution in [0.25, 0.3) is 0 Å². The fourth-order valence-electron chi connectivity index (χ4n) is 2.15. The smallest absolute Gasteiger partial charge is 0.228 e. The van der Waals surface area contributed by atoms with Gasteiger partial charge in [0.05, 0.1) is 17.8 Å². The second kappa shape index (κ2) is 6.24. The molecule has 0 aliphatic carbocycles. The first-order chi connectivity index (χ1) is 9.58. The Morgan fingerprint density at radius 2 is 1.70 bits per heavy atom. The summed E-state index contributed by atoms with van der Waals surface area (Å²) in [7, 11) is 3.93. The summed E-state index contributed by atoms with van der Waals surface area (Å²) in [6.07, 6.45) is 0.397. The van der Waals surface area contributed by atoms with Crippen LogP contribution in [0.5, 0.6) is 0 Å². The minimum atomic E-state index is 0.00796. The third kappa shape index (κ3) is 3.38. The zero-order valence-corrected chi connectivity index (χ0v) is 12.2. The van der Waals surface area contributed by atoms with E-state index in [2.05, 4.69) is 5.32 Å². The summed E-state index contributed by atoms with van der Waals surface area (Å²) in [5.74, 6) is 0.00796. The van der Waals surface area contributed by atoms with E-state index in [4.69, 9.17) is 0 Å². The molecule has 20 heavy (non-hydrogen) atoms. The molecule has 1 N–H and O–H groups in total. The van der Waals surface area contributed by atoms with Gasteiger partial charge in [-0.05, 0) is 30.2 Å². The van der Waals surface area contributed by atoms with Gasteiger partial charge in [0.25, 0.3) is 0 Å². The molecule has 2 aromatic rings. The number of rotatable bonds is 4. The summed E-state index contributed by atoms with van der Waals surface area (Å²) in [6, 6.07) is 15.8. The average molecular weight is 268 g/mol. The van der Waals surface area contributed by atoms with Gasteiger partial charge in [0.2, 0.25) is 5.91 Å². The Morgan fingerprint density at radius 1 is 1.05 bits per heavy atom. The number of anilines is 2. The van der Waals surface area contributed by atoms with Gasteiger partial charge in [0, 0.05) is 14.1 Å². The van der Waals surface area contributed by atoms with Gasteiger partial charge in [-0.15, -0.1) is 0 Å². The number of para-hydroxylation sites is 2. The molecule has 104 valence electrons. The van der Waals surface area contributed by atoms with Crippen molar-refractivity contribution >= 4 is 17.3 Å². The highest BCUT2D eigenvalue weighted by Gasteiger charge is 2.09. The van der Waals surface area contributed by atoms with Crippen molar-refractivity contribution in [1.82, 2.24) is 0 Å². The third-order valence-corrected chi connectivity index (χ3v) is 3.27. The number of carbonyl (C=O) groups excluding carboxylic acids is 1. The zero-order valence-electron chi connectivity index (χ0n) is 12.2. The van der Waals surface area contributed by atoms with Crippen LogP contribution in [0.3, 0.4) is 0 Å². The first-order valence-corrected chi connectivity index (χ1v) is 6.68. The van der Waals surface area contributed by atoms with Gasteiger partial charge in [0.1, 0.15) is 0 Å². The largest absolute Gasteiger partial charge is 0.376 e. The number of carbonyl (C=O) groups is 1. The Kier molecular flexibility index (Phi) is 4.41. The lowest BCUT2D eigenvalue weighted by molar-refractivity contribution is -0.115. The predicted molar refractivity (Wildman–Crippen MR) is 84.3 cm³/mol. The fraction of sp³-hybridized carbons (Fsp3) is 0.235. The summed E-state index contributed by atoms with van der Waals surface area (Å²) in [5.41, 5.74) is 4.05. The molecule has 3 nitrogen and oxygen atoms in total. The Balaban J connectivity index is 2.11. The van der Waals surface area contributed by atoms with Crippen molar-refractivity contribution in [3.8, 4) is 0 Å². The summed E-state index contributed by atoms with van der Waals surface area (Å²) in [5, 5.41) is 2.99. The molecule has 0 spiro atoms. The Morgan fingerprint density at radius 3 is 2.40 bits per heavy atom. The SMILES string of the molecule is Cc1ccccc1CC(=O)Nc1ccccc1N(C)C. The van der Waals surface area contributed by atoms with Crippen LogP contribution in [-0.2, 0) is 11.2 Å². The first-order valence-electron chi connectivity index (χ1n) is 6.68. The maximum atomic E-state index is 12.2. The van der Waals surface area contributed by atoms with E-state index < -0.39 is 0 Å². The lowest BCUT2D eigenvalue weighted by Crippen LogP contribution is -2.18. The minimum Gasteiger partial charge on any atom is -0.376 e. The van der Waals surface area contributed by atoms with Crippen molar-refractivity contribution in [2.24, 2.45) is 0 Å². The van der Waals surface area contributed by atoms with Gasteiger partial charge in [-0.3, -0.25) is 4.79 Å². The van der Waals surface area contributed by atoms with Gasteiger partial charge in [-0.25, -0.2) is 0 Å². The molecule has 0 aromatic heterocycles. The minimum absolute atomic E-state index is 0.00796. The van der Waals surface area contributed by atoms with Crippen LogP contribution in [0.4, 0.5) is 11.4 Å². The van der Waals surface area contributed by atoms with E-state index in [1.165, 1.54) is 0 Å². The van der Waals surface area contributed by atoms with Gasteiger partial charge in [-0.1, -0.05) is 36.4 Å². The lowest BCUT2D eigenvalue weighted by atomic mass is 10.1. The van der Waals surface area contributed by atoms with Crippen molar-refractivity contribution in [2.75, 3.05) is 24.3 Å². The Bertz CT molecular complexity index is 605. The number of hydrogen-bond acceptors (Lipinski definition) is 2. The predicted octanol–water partition coefficient (Wildman–Crippen LogP) is 3.24. The molecule has 1 amide bonds. The molecule has 2 rings (SSSR count). The highest BCUT2D eigenvalue weighted by Crippen LogP contribution is 2.23. The standard InChI is InChI=1S/C17H20N2O/c1-13-8-4-5-9-14(13)12-17(20)18-15-10-6-7-11-16(15)19(2)3/h4-11H,12H2,1-3H3,(H,18,20). The second-order valence-electron chi connectivity index (χ2n) is 5.06. The third-order valence-electron chi connectivity index (χ3n) is 3.27. The maximum Gasteiger partial charge on any atom is 0.228 e. The number of nitrogens with zero attached hydrogens (tertiary/aromatic N) is 1. The van der Waals surface area contributed by atoms with E-state index in [9.17, 15) is 4.79 Å². The van der Waals surface area contributed by atoms with Crippen LogP contribution in [0.1, 0.15) is 11.1 Å². The molecule has 0 fully saturated rings. The molecular formula is C17H20N2O. The fourth-order valence-corrected chi connectivity index (χ4v) is 2.15. The van der Waals surface area contributed by atoms with Crippen molar-refractivity contribution in [2.45, 2.75) is 13.3 Å². The second-order valence-corrected chi connectivity index (χ2v) is 5.06. The number of amides is 1. The van der Waals surface area contributed by atoms with Crippen LogP contribution in [-0.4, -0.2) is 20.0 Å². The molecule has 0 heterocycles. The number of hydrogen-bond donors (Lipinski definition) is 1. The summed E-state index contributed by atoms with van der Waals surface area (Å²) in [6.45, 7) is 2.02. The summed E-state index contributed by atoms with van der Waals surface area (Å²) < 4.78 is 0. The van der Waals surface area contributed by atoms with Crippen LogP contribution < -0.4 is 10.2 Å². The topological polar surface area (TPSA) is 32.3 Å². The molecule has 0 aliphatic heterocycles. The van der Waals surface area contributed by atoms with Crippen LogP contribution >= 0.6 is 0 Å². The molecule has 2 aromatic carbocycles. The van der Waals surface area contributed by atoms with Crippen molar-refractivity contribution in [3.63, 3.8) is 0 Å². The molecule has 0 atom stereocenters. The van der Waals surface area contributed by atoms with E-state index in [0.29, 0.717) is 6.42 Å². The first kappa shape index (κ1) is 14.1. The van der Waals surface area contributed by atoms with Crippen molar-refractivity contribution in [1.29, 1.82) is 0 Å². The quantitative estimate of drug-likeness (QED) is 0.923. The highest BCUT2D eigenvalue weighted by molar-refractivity contribution is 5.95. The van der Waals surface area contributed by atoms with E-state index in [0.717, 1.165) is 22.5 Å². The van der Waals surface area contributed by atoms with E-state index in [1.54, 1.807) is 0 Å². The van der Waals surface area contributed by atoms with Crippen LogP contribution in [0.2, 0.25) is 0 Å². The molecule has 0 aliphatic rings. The Hall–Kier alpha value is -2.29. The molecule has 0 saturated heterocycles. The van der Waals surface area contributed by atoms with E-state index in [1.807, 2.05) is 74.4 Å². The summed E-state index contributed by atoms with van der Waals surface area (Å²) in [4.78, 5) is 14.2. The molecule has 0 unspecified atom stereocenters. The highest BCUT2D eigenvalue weighted by atomic mass is 16.1. The molecule has 0 bridgehead atoms. The van der Waals surface area contributed by atoms with Gasteiger partial charge >= 0.3 is 0 Å². The average Bonchev–Trinajstić information content (AvgIpc) is 2.41. The number of benzene rings is 2. The lowest BCUT2D eigenvalue weighted by Gasteiger charge is -2.17. The van der Waals surface area contributed by atoms with Crippen LogP contribution in [0, 0.1) is 6.92 Å². The molecule has 3 heteroatoms. The molecule has 0 saturated carbocycles. The summed E-state index contributed by atoms with van der Waals surface area (Å²) >= 11 is 0. The van der Waals surface area contributed by atoms with Crippen molar-refractivity contribution < 1.29 is 4.79 Å². The molecule has 0 radical (unpaired) electrons.